The lowest BCUT2D eigenvalue weighted by Gasteiger charge is -2.25. The van der Waals surface area contributed by atoms with Gasteiger partial charge in [0.1, 0.15) is 6.10 Å². The zero-order valence-corrected chi connectivity index (χ0v) is 9.47. The molecule has 0 N–H and O–H groups in total. The molecule has 0 saturated heterocycles. The normalized spacial score (nSPS) is 28.4. The van der Waals surface area contributed by atoms with Crippen molar-refractivity contribution >= 4 is 25.7 Å². The second kappa shape index (κ2) is 4.49. The highest BCUT2D eigenvalue weighted by atomic mass is 35.7. The fraction of sp³-hybridized carbons (Fsp3) is 0.875. The van der Waals surface area contributed by atoms with Crippen molar-refractivity contribution in [2.24, 2.45) is 0 Å². The van der Waals surface area contributed by atoms with E-state index in [1.54, 1.807) is 0 Å². The van der Waals surface area contributed by atoms with Crippen molar-refractivity contribution in [3.63, 3.8) is 0 Å². The molecule has 0 atom stereocenters. The molecule has 0 aromatic rings. The van der Waals surface area contributed by atoms with Crippen LogP contribution in [0.1, 0.15) is 32.6 Å². The van der Waals surface area contributed by atoms with Crippen LogP contribution in [-0.4, -0.2) is 25.7 Å². The van der Waals surface area contributed by atoms with Crippen LogP contribution in [0.5, 0.6) is 0 Å². The number of rotatable bonds is 2. The summed E-state index contributed by atoms with van der Waals surface area (Å²) in [5.74, 6) is -0.317. The molecule has 82 valence electrons. The fourth-order valence-electron chi connectivity index (χ4n) is 1.67. The molecule has 6 heteroatoms. The monoisotopic (exact) mass is 240 g/mol. The summed E-state index contributed by atoms with van der Waals surface area (Å²) in [4.78, 5) is 10.6. The highest BCUT2D eigenvalue weighted by molar-refractivity contribution is 8.14. The van der Waals surface area contributed by atoms with Gasteiger partial charge in [-0.15, -0.1) is 0 Å². The van der Waals surface area contributed by atoms with Crippen molar-refractivity contribution in [2.75, 3.05) is 0 Å². The van der Waals surface area contributed by atoms with Gasteiger partial charge in [-0.1, -0.05) is 0 Å². The predicted molar refractivity (Wildman–Crippen MR) is 52.6 cm³/mol. The Bertz CT molecular complexity index is 303. The Hall–Kier alpha value is -0.290. The van der Waals surface area contributed by atoms with Crippen molar-refractivity contribution < 1.29 is 17.9 Å². The summed E-state index contributed by atoms with van der Waals surface area (Å²) in [6, 6.07) is 0. The minimum Gasteiger partial charge on any atom is -0.463 e. The zero-order chi connectivity index (χ0) is 10.8. The molecule has 1 aliphatic carbocycles. The molecule has 0 aromatic carbocycles. The SMILES string of the molecule is CC(=O)OC1CCC(S(=O)(=O)Cl)CC1. The van der Waals surface area contributed by atoms with E-state index in [9.17, 15) is 13.2 Å². The summed E-state index contributed by atoms with van der Waals surface area (Å²) in [5, 5.41) is -0.476. The molecule has 0 heterocycles. The lowest BCUT2D eigenvalue weighted by molar-refractivity contribution is -0.147. The first-order valence-electron chi connectivity index (χ1n) is 4.50. The van der Waals surface area contributed by atoms with Crippen LogP contribution in [0.4, 0.5) is 0 Å². The first kappa shape index (κ1) is 11.8. The van der Waals surface area contributed by atoms with Gasteiger partial charge in [-0.2, -0.15) is 0 Å². The summed E-state index contributed by atoms with van der Waals surface area (Å²) < 4.78 is 26.9. The third-order valence-electron chi connectivity index (χ3n) is 2.35. The van der Waals surface area contributed by atoms with Gasteiger partial charge in [0.05, 0.1) is 5.25 Å². The van der Waals surface area contributed by atoms with Crippen LogP contribution >= 0.6 is 10.7 Å². The van der Waals surface area contributed by atoms with E-state index in [0.29, 0.717) is 25.7 Å². The summed E-state index contributed by atoms with van der Waals surface area (Å²) in [5.41, 5.74) is 0. The molecule has 14 heavy (non-hydrogen) atoms. The average molecular weight is 241 g/mol. The number of halogens is 1. The van der Waals surface area contributed by atoms with Crippen LogP contribution < -0.4 is 0 Å². The smallest absolute Gasteiger partial charge is 0.302 e. The Kier molecular flexibility index (Phi) is 3.78. The van der Waals surface area contributed by atoms with Crippen LogP contribution in [0.2, 0.25) is 0 Å². The van der Waals surface area contributed by atoms with Crippen molar-refractivity contribution in [3.8, 4) is 0 Å². The van der Waals surface area contributed by atoms with E-state index in [2.05, 4.69) is 0 Å². The molecular weight excluding hydrogens is 228 g/mol. The Morgan fingerprint density at radius 3 is 2.14 bits per heavy atom. The molecule has 1 fully saturated rings. The van der Waals surface area contributed by atoms with Crippen LogP contribution in [0.25, 0.3) is 0 Å². The minimum absolute atomic E-state index is 0.137. The van der Waals surface area contributed by atoms with Crippen LogP contribution in [-0.2, 0) is 18.6 Å². The van der Waals surface area contributed by atoms with Gasteiger partial charge in [-0.05, 0) is 25.7 Å². The lowest BCUT2D eigenvalue weighted by Crippen LogP contribution is -2.29. The van der Waals surface area contributed by atoms with E-state index >= 15 is 0 Å². The molecule has 0 amide bonds. The number of esters is 1. The van der Waals surface area contributed by atoms with Gasteiger partial charge >= 0.3 is 5.97 Å². The van der Waals surface area contributed by atoms with E-state index in [1.165, 1.54) is 6.92 Å². The average Bonchev–Trinajstić information content (AvgIpc) is 2.02. The third-order valence-corrected chi connectivity index (χ3v) is 4.38. The van der Waals surface area contributed by atoms with E-state index in [1.807, 2.05) is 0 Å². The number of ether oxygens (including phenoxy) is 1. The van der Waals surface area contributed by atoms with Crippen LogP contribution in [0, 0.1) is 0 Å². The molecule has 0 aliphatic heterocycles. The Labute approximate surface area is 88.0 Å². The first-order valence-corrected chi connectivity index (χ1v) is 6.87. The summed E-state index contributed by atoms with van der Waals surface area (Å²) in [7, 11) is 1.78. The van der Waals surface area contributed by atoms with Gasteiger partial charge in [0.2, 0.25) is 9.05 Å². The maximum atomic E-state index is 11.0. The molecule has 0 aromatic heterocycles. The van der Waals surface area contributed by atoms with Gasteiger partial charge in [0.15, 0.2) is 0 Å². The van der Waals surface area contributed by atoms with E-state index < -0.39 is 14.3 Å². The second-order valence-corrected chi connectivity index (χ2v) is 6.39. The molecule has 0 unspecified atom stereocenters. The number of carbonyl (C=O) groups is 1. The van der Waals surface area contributed by atoms with Crippen molar-refractivity contribution in [1.29, 1.82) is 0 Å². The number of carbonyl (C=O) groups excluding carboxylic acids is 1. The van der Waals surface area contributed by atoms with E-state index in [-0.39, 0.29) is 12.1 Å². The maximum Gasteiger partial charge on any atom is 0.302 e. The Morgan fingerprint density at radius 1 is 1.29 bits per heavy atom. The van der Waals surface area contributed by atoms with Crippen LogP contribution in [0.15, 0.2) is 0 Å². The summed E-state index contributed by atoms with van der Waals surface area (Å²) >= 11 is 0. The zero-order valence-electron chi connectivity index (χ0n) is 7.90. The van der Waals surface area contributed by atoms with E-state index in [0.717, 1.165) is 0 Å². The lowest BCUT2D eigenvalue weighted by atomic mass is 9.97. The molecule has 1 rings (SSSR count). The molecule has 0 bridgehead atoms. The molecule has 0 radical (unpaired) electrons. The first-order chi connectivity index (χ1) is 6.39. The molecule has 1 saturated carbocycles. The van der Waals surface area contributed by atoms with Crippen molar-refractivity contribution in [2.45, 2.75) is 44.0 Å². The third kappa shape index (κ3) is 3.46. The Morgan fingerprint density at radius 2 is 1.79 bits per heavy atom. The van der Waals surface area contributed by atoms with Gasteiger partial charge < -0.3 is 4.74 Å². The summed E-state index contributed by atoms with van der Waals surface area (Å²) in [6.45, 7) is 1.35. The van der Waals surface area contributed by atoms with Gasteiger partial charge in [0.25, 0.3) is 0 Å². The molecular formula is C8H13ClO4S. The van der Waals surface area contributed by atoms with Crippen molar-refractivity contribution in [3.05, 3.63) is 0 Å². The van der Waals surface area contributed by atoms with Gasteiger partial charge in [-0.25, -0.2) is 8.42 Å². The molecule has 1 aliphatic rings. The standard InChI is InChI=1S/C8H13ClO4S/c1-6(10)13-7-2-4-8(5-3-7)14(9,11)12/h7-8H,2-5H2,1H3. The number of hydrogen-bond acceptors (Lipinski definition) is 4. The topological polar surface area (TPSA) is 60.4 Å². The van der Waals surface area contributed by atoms with E-state index in [4.69, 9.17) is 15.4 Å². The van der Waals surface area contributed by atoms with Gasteiger partial charge in [0, 0.05) is 17.6 Å². The predicted octanol–water partition coefficient (Wildman–Crippen LogP) is 1.43. The highest BCUT2D eigenvalue weighted by Gasteiger charge is 2.30. The quantitative estimate of drug-likeness (QED) is 0.541. The van der Waals surface area contributed by atoms with Crippen LogP contribution in [0.3, 0.4) is 0 Å². The van der Waals surface area contributed by atoms with Crippen molar-refractivity contribution in [1.82, 2.24) is 0 Å². The fourth-order valence-corrected chi connectivity index (χ4v) is 3.04. The molecule has 0 spiro atoms. The second-order valence-electron chi connectivity index (χ2n) is 3.48. The highest BCUT2D eigenvalue weighted by Crippen LogP contribution is 2.27. The Balaban J connectivity index is 2.43. The minimum atomic E-state index is -3.45. The molecule has 4 nitrogen and oxygen atoms in total. The maximum absolute atomic E-state index is 11.0. The number of hydrogen-bond donors (Lipinski definition) is 0. The van der Waals surface area contributed by atoms with Gasteiger partial charge in [-0.3, -0.25) is 4.79 Å². The largest absolute Gasteiger partial charge is 0.463 e. The summed E-state index contributed by atoms with van der Waals surface area (Å²) in [6.07, 6.45) is 1.97.